The number of anilines is 1. The Bertz CT molecular complexity index is 593. The Balaban J connectivity index is 1.92. The molecule has 0 aliphatic heterocycles. The van der Waals surface area contributed by atoms with Crippen LogP contribution in [0.2, 0.25) is 0 Å². The van der Waals surface area contributed by atoms with Gasteiger partial charge < -0.3 is 9.71 Å². The minimum absolute atomic E-state index is 0.00743. The predicted molar refractivity (Wildman–Crippen MR) is 69.6 cm³/mol. The molecule has 0 saturated heterocycles. The summed E-state index contributed by atoms with van der Waals surface area (Å²) < 4.78 is 64.8. The minimum atomic E-state index is -4.15. The van der Waals surface area contributed by atoms with Gasteiger partial charge >= 0.3 is 6.18 Å². The van der Waals surface area contributed by atoms with E-state index < -0.39 is 24.2 Å². The normalized spacial score (nSPS) is 12.1. The van der Waals surface area contributed by atoms with Gasteiger partial charge in [0.1, 0.15) is 0 Å². The van der Waals surface area contributed by atoms with Crippen LogP contribution >= 0.6 is 11.9 Å². The van der Waals surface area contributed by atoms with Gasteiger partial charge in [-0.05, 0) is 12.5 Å². The van der Waals surface area contributed by atoms with Crippen molar-refractivity contribution >= 4 is 28.5 Å². The van der Waals surface area contributed by atoms with Gasteiger partial charge in [-0.1, -0.05) is 11.9 Å². The van der Waals surface area contributed by atoms with E-state index in [4.69, 9.17) is 0 Å². The van der Waals surface area contributed by atoms with Crippen LogP contribution in [0.25, 0.3) is 10.9 Å². The van der Waals surface area contributed by atoms with E-state index in [1.807, 2.05) is 0 Å². The standard InChI is InChI=1S/C12H11F5N2S/c13-8-4-7-10(5-9(8)14)18-6-11(7)19-20-3-1-2-12(15,16)17/h4-6,18-19H,1-3H2. The number of aromatic amines is 1. The van der Waals surface area contributed by atoms with E-state index >= 15 is 0 Å². The number of halogens is 5. The summed E-state index contributed by atoms with van der Waals surface area (Å²) in [5, 5.41) is 0.451. The number of hydrogen-bond donors (Lipinski definition) is 2. The van der Waals surface area contributed by atoms with E-state index in [0.29, 0.717) is 16.6 Å². The zero-order chi connectivity index (χ0) is 14.8. The van der Waals surface area contributed by atoms with Gasteiger partial charge in [0.2, 0.25) is 0 Å². The first-order valence-electron chi connectivity index (χ1n) is 5.77. The number of fused-ring (bicyclic) bond motifs is 1. The molecular weight excluding hydrogens is 299 g/mol. The van der Waals surface area contributed by atoms with Gasteiger partial charge in [-0.25, -0.2) is 8.78 Å². The summed E-state index contributed by atoms with van der Waals surface area (Å²) in [6.45, 7) is 0. The van der Waals surface area contributed by atoms with Crippen LogP contribution in [0, 0.1) is 11.6 Å². The minimum Gasteiger partial charge on any atom is -0.359 e. The van der Waals surface area contributed by atoms with E-state index in [1.54, 1.807) is 0 Å². The van der Waals surface area contributed by atoms with Crippen molar-refractivity contribution < 1.29 is 22.0 Å². The Labute approximate surface area is 115 Å². The number of benzene rings is 1. The third kappa shape index (κ3) is 3.78. The van der Waals surface area contributed by atoms with Crippen molar-refractivity contribution in [2.75, 3.05) is 10.5 Å². The summed E-state index contributed by atoms with van der Waals surface area (Å²) in [5.41, 5.74) is 0.929. The molecular formula is C12H11F5N2S. The smallest absolute Gasteiger partial charge is 0.359 e. The van der Waals surface area contributed by atoms with E-state index in [0.717, 1.165) is 24.1 Å². The van der Waals surface area contributed by atoms with Crippen LogP contribution in [-0.4, -0.2) is 16.9 Å². The van der Waals surface area contributed by atoms with Crippen molar-refractivity contribution in [1.29, 1.82) is 0 Å². The SMILES string of the molecule is Fc1cc2[nH]cc(NSCCCC(F)(F)F)c2cc1F. The number of rotatable bonds is 5. The number of H-pyrrole nitrogens is 1. The highest BCUT2D eigenvalue weighted by Crippen LogP contribution is 2.28. The number of aromatic nitrogens is 1. The molecule has 2 aromatic rings. The topological polar surface area (TPSA) is 27.8 Å². The van der Waals surface area contributed by atoms with Crippen molar-refractivity contribution in [3.8, 4) is 0 Å². The maximum Gasteiger partial charge on any atom is 0.389 e. The van der Waals surface area contributed by atoms with Gasteiger partial charge in [0.25, 0.3) is 0 Å². The van der Waals surface area contributed by atoms with E-state index in [-0.39, 0.29) is 12.2 Å². The van der Waals surface area contributed by atoms with Crippen molar-refractivity contribution in [3.63, 3.8) is 0 Å². The summed E-state index contributed by atoms with van der Waals surface area (Å²) in [6.07, 6.45) is -3.48. The van der Waals surface area contributed by atoms with Crippen LogP contribution in [0.3, 0.4) is 0 Å². The number of hydrogen-bond acceptors (Lipinski definition) is 2. The summed E-state index contributed by atoms with van der Waals surface area (Å²) in [6, 6.07) is 2.07. The molecule has 0 saturated carbocycles. The highest BCUT2D eigenvalue weighted by Gasteiger charge is 2.25. The van der Waals surface area contributed by atoms with Crippen molar-refractivity contribution in [1.82, 2.24) is 4.98 Å². The van der Waals surface area contributed by atoms with Gasteiger partial charge in [0.15, 0.2) is 11.6 Å². The summed E-state index contributed by atoms with van der Waals surface area (Å²) >= 11 is 1.09. The van der Waals surface area contributed by atoms with Crippen LogP contribution in [0.1, 0.15) is 12.8 Å². The molecule has 0 unspecified atom stereocenters. The molecule has 0 aliphatic rings. The fraction of sp³-hybridized carbons (Fsp3) is 0.333. The second-order valence-electron chi connectivity index (χ2n) is 4.18. The van der Waals surface area contributed by atoms with Crippen LogP contribution < -0.4 is 4.72 Å². The first-order valence-corrected chi connectivity index (χ1v) is 6.76. The third-order valence-corrected chi connectivity index (χ3v) is 3.47. The number of nitrogens with one attached hydrogen (secondary N) is 2. The highest BCUT2D eigenvalue weighted by atomic mass is 32.2. The highest BCUT2D eigenvalue weighted by molar-refractivity contribution is 8.00. The Kier molecular flexibility index (Phi) is 4.42. The summed E-state index contributed by atoms with van der Waals surface area (Å²) in [7, 11) is 0. The van der Waals surface area contributed by atoms with Gasteiger partial charge in [0, 0.05) is 29.8 Å². The van der Waals surface area contributed by atoms with E-state index in [1.165, 1.54) is 6.20 Å². The maximum atomic E-state index is 13.1. The Morgan fingerprint density at radius 3 is 2.55 bits per heavy atom. The quantitative estimate of drug-likeness (QED) is 0.469. The Morgan fingerprint density at radius 1 is 1.15 bits per heavy atom. The molecule has 20 heavy (non-hydrogen) atoms. The van der Waals surface area contributed by atoms with Crippen molar-refractivity contribution in [3.05, 3.63) is 30.0 Å². The zero-order valence-electron chi connectivity index (χ0n) is 10.2. The van der Waals surface area contributed by atoms with Gasteiger partial charge in [0.05, 0.1) is 11.2 Å². The molecule has 1 aromatic carbocycles. The van der Waals surface area contributed by atoms with Crippen LogP contribution in [-0.2, 0) is 0 Å². The van der Waals surface area contributed by atoms with Crippen molar-refractivity contribution in [2.24, 2.45) is 0 Å². The van der Waals surface area contributed by atoms with Crippen molar-refractivity contribution in [2.45, 2.75) is 19.0 Å². The van der Waals surface area contributed by atoms with Crippen LogP contribution in [0.15, 0.2) is 18.3 Å². The first-order chi connectivity index (χ1) is 9.37. The lowest BCUT2D eigenvalue weighted by atomic mass is 10.2. The average molecular weight is 310 g/mol. The average Bonchev–Trinajstić information content (AvgIpc) is 2.71. The maximum absolute atomic E-state index is 13.1. The second kappa shape index (κ2) is 5.90. The predicted octanol–water partition coefficient (Wildman–Crippen LogP) is 4.85. The monoisotopic (exact) mass is 310 g/mol. The lowest BCUT2D eigenvalue weighted by molar-refractivity contribution is -0.134. The first kappa shape index (κ1) is 15.0. The molecule has 1 heterocycles. The molecule has 0 fully saturated rings. The number of alkyl halides is 3. The Hall–Kier alpha value is -1.44. The summed E-state index contributed by atoms with van der Waals surface area (Å²) in [5.74, 6) is -1.67. The van der Waals surface area contributed by atoms with E-state index in [9.17, 15) is 22.0 Å². The van der Waals surface area contributed by atoms with Gasteiger partial charge in [-0.15, -0.1) is 0 Å². The molecule has 0 aliphatic carbocycles. The zero-order valence-corrected chi connectivity index (χ0v) is 11.0. The lowest BCUT2D eigenvalue weighted by Crippen LogP contribution is -2.07. The van der Waals surface area contributed by atoms with E-state index in [2.05, 4.69) is 9.71 Å². The second-order valence-corrected chi connectivity index (χ2v) is 5.08. The fourth-order valence-corrected chi connectivity index (χ4v) is 2.39. The molecule has 8 heteroatoms. The summed E-state index contributed by atoms with van der Waals surface area (Å²) in [4.78, 5) is 2.76. The fourth-order valence-electron chi connectivity index (χ4n) is 1.67. The molecule has 0 spiro atoms. The van der Waals surface area contributed by atoms with Crippen LogP contribution in [0.4, 0.5) is 27.6 Å². The molecule has 2 nitrogen and oxygen atoms in total. The third-order valence-electron chi connectivity index (χ3n) is 2.61. The molecule has 0 radical (unpaired) electrons. The van der Waals surface area contributed by atoms with Gasteiger partial charge in [-0.3, -0.25) is 0 Å². The molecule has 0 amide bonds. The molecule has 1 aromatic heterocycles. The Morgan fingerprint density at radius 2 is 1.85 bits per heavy atom. The molecule has 0 bridgehead atoms. The largest absolute Gasteiger partial charge is 0.389 e. The molecule has 110 valence electrons. The molecule has 0 atom stereocenters. The van der Waals surface area contributed by atoms with Crippen LogP contribution in [0.5, 0.6) is 0 Å². The lowest BCUT2D eigenvalue weighted by Gasteiger charge is -2.06. The molecule has 2 rings (SSSR count). The van der Waals surface area contributed by atoms with Gasteiger partial charge in [-0.2, -0.15) is 13.2 Å². The molecule has 2 N–H and O–H groups in total.